The molecule has 0 bridgehead atoms. The number of sulfone groups is 1. The van der Waals surface area contributed by atoms with E-state index in [2.05, 4.69) is 11.5 Å². The second-order valence-electron chi connectivity index (χ2n) is 5.70. The Morgan fingerprint density at radius 1 is 1.25 bits per heavy atom. The summed E-state index contributed by atoms with van der Waals surface area (Å²) in [6.45, 7) is 8.81. The first-order chi connectivity index (χ1) is 9.21. The molecule has 0 aromatic carbocycles. The summed E-state index contributed by atoms with van der Waals surface area (Å²) in [4.78, 5) is 2.17. The van der Waals surface area contributed by atoms with Gasteiger partial charge in [0.1, 0.15) is 0 Å². The van der Waals surface area contributed by atoms with Crippen molar-refractivity contribution in [1.29, 1.82) is 0 Å². The highest BCUT2D eigenvalue weighted by Crippen LogP contribution is 2.23. The van der Waals surface area contributed by atoms with Crippen molar-refractivity contribution >= 4 is 19.9 Å². The largest absolute Gasteiger partial charge is 0.297 e. The smallest absolute Gasteiger partial charge is 0.218 e. The Labute approximate surface area is 121 Å². The number of hydrogen-bond acceptors (Lipinski definition) is 5. The van der Waals surface area contributed by atoms with E-state index in [1.54, 1.807) is 0 Å². The fourth-order valence-corrected chi connectivity index (χ4v) is 7.24. The molecule has 2 fully saturated rings. The third-order valence-electron chi connectivity index (χ3n) is 3.80. The first-order valence-electron chi connectivity index (χ1n) is 6.77. The molecule has 2 aliphatic heterocycles. The summed E-state index contributed by atoms with van der Waals surface area (Å²) in [6, 6.07) is 0. The van der Waals surface area contributed by atoms with Crippen molar-refractivity contribution in [3.63, 3.8) is 0 Å². The summed E-state index contributed by atoms with van der Waals surface area (Å²) in [5, 5.41) is -0.750. The summed E-state index contributed by atoms with van der Waals surface area (Å²) >= 11 is 0. The normalized spacial score (nSPS) is 28.6. The first-order valence-corrected chi connectivity index (χ1v) is 10.1. The molecule has 1 atom stereocenters. The van der Waals surface area contributed by atoms with Gasteiger partial charge in [-0.15, -0.1) is 0 Å². The quantitative estimate of drug-likeness (QED) is 0.664. The zero-order chi connectivity index (χ0) is 15.0. The average molecular weight is 322 g/mol. The number of piperazine rings is 1. The van der Waals surface area contributed by atoms with Crippen molar-refractivity contribution in [1.82, 2.24) is 9.21 Å². The lowest BCUT2D eigenvalue weighted by Gasteiger charge is -2.35. The summed E-state index contributed by atoms with van der Waals surface area (Å²) in [5.41, 5.74) is 1.06. The van der Waals surface area contributed by atoms with Gasteiger partial charge in [0.2, 0.25) is 10.0 Å². The van der Waals surface area contributed by atoms with Gasteiger partial charge in [-0.3, -0.25) is 4.90 Å². The molecule has 6 nitrogen and oxygen atoms in total. The minimum Gasteiger partial charge on any atom is -0.297 e. The van der Waals surface area contributed by atoms with Gasteiger partial charge in [-0.25, -0.2) is 16.8 Å². The molecule has 1 unspecified atom stereocenters. The van der Waals surface area contributed by atoms with Crippen LogP contribution in [0.4, 0.5) is 0 Å². The molecule has 2 aliphatic rings. The van der Waals surface area contributed by atoms with Crippen LogP contribution in [0.2, 0.25) is 0 Å². The molecule has 0 saturated carbocycles. The van der Waals surface area contributed by atoms with Gasteiger partial charge in [-0.05, 0) is 13.3 Å². The maximum absolute atomic E-state index is 12.4. The van der Waals surface area contributed by atoms with Crippen LogP contribution >= 0.6 is 0 Å². The lowest BCUT2D eigenvalue weighted by atomic mass is 10.3. The van der Waals surface area contributed by atoms with Gasteiger partial charge in [0, 0.05) is 32.7 Å². The predicted octanol–water partition coefficient (Wildman–Crippen LogP) is -0.303. The zero-order valence-electron chi connectivity index (χ0n) is 11.8. The van der Waals surface area contributed by atoms with Crippen molar-refractivity contribution in [2.45, 2.75) is 18.6 Å². The fourth-order valence-electron chi connectivity index (χ4n) is 2.73. The summed E-state index contributed by atoms with van der Waals surface area (Å²) in [7, 11) is -6.65. The van der Waals surface area contributed by atoms with Crippen LogP contribution in [0.1, 0.15) is 13.3 Å². The van der Waals surface area contributed by atoms with Crippen molar-refractivity contribution in [3.05, 3.63) is 12.2 Å². The van der Waals surface area contributed by atoms with E-state index in [-0.39, 0.29) is 17.9 Å². The molecule has 0 N–H and O–H groups in total. The second kappa shape index (κ2) is 5.75. The maximum Gasteiger partial charge on any atom is 0.218 e. The van der Waals surface area contributed by atoms with E-state index in [0.29, 0.717) is 26.2 Å². The van der Waals surface area contributed by atoms with Gasteiger partial charge in [-0.2, -0.15) is 4.31 Å². The lowest BCUT2D eigenvalue weighted by molar-refractivity contribution is 0.200. The Balaban J connectivity index is 1.97. The molecule has 8 heteroatoms. The van der Waals surface area contributed by atoms with Gasteiger partial charge < -0.3 is 0 Å². The summed E-state index contributed by atoms with van der Waals surface area (Å²) < 4.78 is 49.2. The van der Waals surface area contributed by atoms with Crippen molar-refractivity contribution in [2.24, 2.45) is 0 Å². The highest BCUT2D eigenvalue weighted by atomic mass is 32.2. The Morgan fingerprint density at radius 2 is 1.85 bits per heavy atom. The number of hydrogen-bond donors (Lipinski definition) is 0. The van der Waals surface area contributed by atoms with E-state index in [0.717, 1.165) is 12.1 Å². The van der Waals surface area contributed by atoms with E-state index in [1.807, 2.05) is 6.92 Å². The van der Waals surface area contributed by atoms with E-state index >= 15 is 0 Å². The average Bonchev–Trinajstić information content (AvgIpc) is 2.70. The number of rotatable bonds is 4. The summed E-state index contributed by atoms with van der Waals surface area (Å²) in [5.74, 6) is -0.228. The Hall–Kier alpha value is -0.440. The van der Waals surface area contributed by atoms with Crippen molar-refractivity contribution in [3.8, 4) is 0 Å². The predicted molar refractivity (Wildman–Crippen MR) is 78.8 cm³/mol. The molecule has 2 saturated heterocycles. The van der Waals surface area contributed by atoms with Crippen LogP contribution in [0.25, 0.3) is 0 Å². The van der Waals surface area contributed by atoms with Crippen LogP contribution < -0.4 is 0 Å². The summed E-state index contributed by atoms with van der Waals surface area (Å²) in [6.07, 6.45) is 0.233. The number of sulfonamides is 1. The molecule has 2 heterocycles. The molecule has 0 aromatic rings. The minimum absolute atomic E-state index is 0.00742. The Kier molecular flexibility index (Phi) is 4.58. The number of nitrogens with zero attached hydrogens (tertiary/aromatic N) is 2. The maximum atomic E-state index is 12.4. The molecular formula is C12H22N2O4S2. The third-order valence-corrected chi connectivity index (χ3v) is 8.11. The molecule has 20 heavy (non-hydrogen) atoms. The van der Waals surface area contributed by atoms with Crippen molar-refractivity contribution in [2.75, 3.05) is 44.2 Å². The molecule has 0 amide bonds. The third kappa shape index (κ3) is 3.60. The minimum atomic E-state index is -3.48. The van der Waals surface area contributed by atoms with Gasteiger partial charge in [0.25, 0.3) is 0 Å². The highest BCUT2D eigenvalue weighted by Gasteiger charge is 2.41. The molecular weight excluding hydrogens is 300 g/mol. The SMILES string of the molecule is C=C(C)CN1CCN(S(=O)(=O)C2CCS(=O)(=O)C2)CC1. The monoisotopic (exact) mass is 322 g/mol. The zero-order valence-corrected chi connectivity index (χ0v) is 13.4. The van der Waals surface area contributed by atoms with Crippen LogP contribution in [-0.4, -0.2) is 75.5 Å². The van der Waals surface area contributed by atoms with Gasteiger partial charge >= 0.3 is 0 Å². The topological polar surface area (TPSA) is 74.8 Å². The standard InChI is InChI=1S/C12H22N2O4S2/c1-11(2)9-13-4-6-14(7-5-13)20(17,18)12-3-8-19(15,16)10-12/h12H,1,3-10H2,2H3. The second-order valence-corrected chi connectivity index (χ2v) is 10.1. The van der Waals surface area contributed by atoms with Gasteiger partial charge in [-0.1, -0.05) is 12.2 Å². The molecule has 0 spiro atoms. The van der Waals surface area contributed by atoms with E-state index in [9.17, 15) is 16.8 Å². The lowest BCUT2D eigenvalue weighted by Crippen LogP contribution is -2.51. The highest BCUT2D eigenvalue weighted by molar-refractivity contribution is 7.95. The van der Waals surface area contributed by atoms with Crippen LogP contribution in [0, 0.1) is 0 Å². The van der Waals surface area contributed by atoms with Gasteiger partial charge in [0.05, 0.1) is 16.8 Å². The fraction of sp³-hybridized carbons (Fsp3) is 0.833. The van der Waals surface area contributed by atoms with Gasteiger partial charge in [0.15, 0.2) is 9.84 Å². The first kappa shape index (κ1) is 15.9. The molecule has 116 valence electrons. The Bertz CT molecular complexity index is 575. The van der Waals surface area contributed by atoms with E-state index in [1.165, 1.54) is 4.31 Å². The van der Waals surface area contributed by atoms with Crippen LogP contribution in [0.3, 0.4) is 0 Å². The molecule has 0 aromatic heterocycles. The molecule has 2 rings (SSSR count). The van der Waals surface area contributed by atoms with E-state index in [4.69, 9.17) is 0 Å². The van der Waals surface area contributed by atoms with Crippen LogP contribution in [0.5, 0.6) is 0 Å². The van der Waals surface area contributed by atoms with Crippen LogP contribution in [-0.2, 0) is 19.9 Å². The van der Waals surface area contributed by atoms with Crippen molar-refractivity contribution < 1.29 is 16.8 Å². The Morgan fingerprint density at radius 3 is 2.30 bits per heavy atom. The van der Waals surface area contributed by atoms with Crippen LogP contribution in [0.15, 0.2) is 12.2 Å². The molecule has 0 radical (unpaired) electrons. The molecule has 0 aliphatic carbocycles. The van der Waals surface area contributed by atoms with E-state index < -0.39 is 25.1 Å².